The van der Waals surface area contributed by atoms with Gasteiger partial charge >= 0.3 is 0 Å². The van der Waals surface area contributed by atoms with Crippen molar-refractivity contribution in [3.8, 4) is 80.0 Å². The van der Waals surface area contributed by atoms with Crippen molar-refractivity contribution in [2.45, 2.75) is 118 Å². The standard InChI is InChI=1S/C56H60Si2/c1-54(2,3)45-20-26-48-39(16-18-41-37-43(32-34-57(10,11)12)52-30-24-46(55(4,5)6)22-28-50(41)52)36-40(49(48)27-21-45)17-19-42-38-44(33-35-58(13,14)15)53-31-25-47(56(7,8)9)23-29-51(42)53/h20-31,36-38H,1-15H3. The number of rotatable bonds is 0. The molecule has 0 aromatic rings. The van der Waals surface area contributed by atoms with E-state index in [2.05, 4.69) is 239 Å². The van der Waals surface area contributed by atoms with E-state index in [1.807, 2.05) is 0 Å². The van der Waals surface area contributed by atoms with E-state index in [0.717, 1.165) is 66.8 Å². The van der Waals surface area contributed by atoms with Gasteiger partial charge in [-0.3, -0.25) is 0 Å². The molecule has 58 heavy (non-hydrogen) atoms. The second-order valence-corrected chi connectivity index (χ2v) is 30.5. The minimum atomic E-state index is -1.59. The van der Waals surface area contributed by atoms with E-state index in [4.69, 9.17) is 0 Å². The topological polar surface area (TPSA) is 0 Å². The Hall–Kier alpha value is -5.23. The molecule has 0 amide bonds. The first-order chi connectivity index (χ1) is 26.9. The molecule has 0 fully saturated rings. The minimum Gasteiger partial charge on any atom is -0.127 e. The van der Waals surface area contributed by atoms with Crippen LogP contribution in [0.1, 0.15) is 112 Å². The largest absolute Gasteiger partial charge is 0.129 e. The third-order valence-corrected chi connectivity index (χ3v) is 12.2. The molecule has 6 aliphatic rings. The van der Waals surface area contributed by atoms with Crippen LogP contribution in [0.3, 0.4) is 0 Å². The highest BCUT2D eigenvalue weighted by Crippen LogP contribution is 2.37. The summed E-state index contributed by atoms with van der Waals surface area (Å²) in [5, 5.41) is 0. The molecular weight excluding hydrogens is 729 g/mol. The smallest absolute Gasteiger partial charge is 0.127 e. The lowest BCUT2D eigenvalue weighted by Crippen LogP contribution is -2.16. The Morgan fingerprint density at radius 3 is 0.655 bits per heavy atom. The Morgan fingerprint density at radius 1 is 0.293 bits per heavy atom. The first-order valence-electron chi connectivity index (χ1n) is 20.7. The van der Waals surface area contributed by atoms with Crippen molar-refractivity contribution in [1.29, 1.82) is 0 Å². The van der Waals surface area contributed by atoms with Crippen LogP contribution in [0.15, 0.2) is 91.0 Å². The van der Waals surface area contributed by atoms with Crippen LogP contribution in [0, 0.1) is 46.6 Å². The Bertz CT molecular complexity index is 2510. The van der Waals surface area contributed by atoms with Crippen molar-refractivity contribution in [3.05, 3.63) is 141 Å². The van der Waals surface area contributed by atoms with Crippen LogP contribution in [0.4, 0.5) is 0 Å². The maximum atomic E-state index is 3.64. The van der Waals surface area contributed by atoms with Gasteiger partial charge in [0, 0.05) is 33.4 Å². The Labute approximate surface area is 353 Å². The van der Waals surface area contributed by atoms with Gasteiger partial charge in [-0.05, 0) is 84.5 Å². The number of hydrogen-bond acceptors (Lipinski definition) is 0. The zero-order valence-electron chi connectivity index (χ0n) is 37.7. The molecule has 292 valence electrons. The van der Waals surface area contributed by atoms with Gasteiger partial charge in [-0.25, -0.2) is 0 Å². The van der Waals surface area contributed by atoms with Crippen LogP contribution >= 0.6 is 0 Å². The van der Waals surface area contributed by atoms with Gasteiger partial charge in [0.1, 0.15) is 16.1 Å². The quantitative estimate of drug-likeness (QED) is 0.106. The molecule has 0 bridgehead atoms. The maximum absolute atomic E-state index is 3.64. The minimum absolute atomic E-state index is 0.000129. The summed E-state index contributed by atoms with van der Waals surface area (Å²) in [6.45, 7) is 34.1. The summed E-state index contributed by atoms with van der Waals surface area (Å²) in [6.07, 6.45) is 0. The highest BCUT2D eigenvalue weighted by molar-refractivity contribution is 6.84. The molecule has 2 heteroatoms. The fourth-order valence-electron chi connectivity index (χ4n) is 6.95. The van der Waals surface area contributed by atoms with Gasteiger partial charge in [0.25, 0.3) is 0 Å². The Kier molecular flexibility index (Phi) is 11.3. The van der Waals surface area contributed by atoms with E-state index in [1.54, 1.807) is 0 Å². The van der Waals surface area contributed by atoms with Gasteiger partial charge in [0.2, 0.25) is 0 Å². The lowest BCUT2D eigenvalue weighted by molar-refractivity contribution is 0.590. The van der Waals surface area contributed by atoms with Crippen LogP contribution in [0.5, 0.6) is 0 Å². The van der Waals surface area contributed by atoms with E-state index >= 15 is 0 Å². The van der Waals surface area contributed by atoms with Gasteiger partial charge in [-0.15, -0.1) is 11.1 Å². The second kappa shape index (κ2) is 15.5. The summed E-state index contributed by atoms with van der Waals surface area (Å²) >= 11 is 0. The molecule has 0 aromatic heterocycles. The molecule has 0 saturated carbocycles. The molecule has 0 radical (unpaired) electrons. The first kappa shape index (κ1) is 42.4. The monoisotopic (exact) mass is 788 g/mol. The number of hydrogen-bond donors (Lipinski definition) is 0. The van der Waals surface area contributed by atoms with Gasteiger partial charge in [0.05, 0.1) is 0 Å². The van der Waals surface area contributed by atoms with Crippen LogP contribution in [0.2, 0.25) is 39.3 Å². The van der Waals surface area contributed by atoms with Crippen molar-refractivity contribution in [2.24, 2.45) is 0 Å². The predicted octanol–water partition coefficient (Wildman–Crippen LogP) is 14.2. The highest BCUT2D eigenvalue weighted by Gasteiger charge is 2.21. The van der Waals surface area contributed by atoms with E-state index in [-0.39, 0.29) is 16.2 Å². The fourth-order valence-corrected chi connectivity index (χ4v) is 7.97. The normalized spacial score (nSPS) is 12.2. The molecule has 0 atom stereocenters. The van der Waals surface area contributed by atoms with Gasteiger partial charge in [0.15, 0.2) is 0 Å². The molecule has 6 aliphatic carbocycles. The summed E-state index contributed by atoms with van der Waals surface area (Å²) in [6, 6.07) is 33.5. The maximum Gasteiger partial charge on any atom is 0.129 e. The third kappa shape index (κ3) is 9.89. The van der Waals surface area contributed by atoms with Crippen LogP contribution < -0.4 is 0 Å². The lowest BCUT2D eigenvalue weighted by Gasteiger charge is -2.17. The average Bonchev–Trinajstić information content (AvgIpc) is 3.44. The molecule has 0 spiro atoms. The summed E-state index contributed by atoms with van der Waals surface area (Å²) in [5.41, 5.74) is 24.0. The van der Waals surface area contributed by atoms with E-state index in [0.29, 0.717) is 0 Å². The fraction of sp³-hybridized carbons (Fsp3) is 0.321. The van der Waals surface area contributed by atoms with Crippen molar-refractivity contribution in [3.63, 3.8) is 0 Å². The van der Waals surface area contributed by atoms with E-state index < -0.39 is 16.1 Å². The average molecular weight is 789 g/mol. The molecule has 0 aliphatic heterocycles. The molecular formula is C56H60Si2. The van der Waals surface area contributed by atoms with E-state index in [9.17, 15) is 0 Å². The molecule has 0 unspecified atom stereocenters. The Balaban J connectivity index is 1.54. The van der Waals surface area contributed by atoms with Crippen molar-refractivity contribution < 1.29 is 0 Å². The van der Waals surface area contributed by atoms with Crippen molar-refractivity contribution in [2.75, 3.05) is 0 Å². The number of fused-ring (bicyclic) bond motifs is 3. The van der Waals surface area contributed by atoms with Crippen LogP contribution in [-0.4, -0.2) is 16.1 Å². The molecule has 0 N–H and O–H groups in total. The molecule has 0 heterocycles. The third-order valence-electron chi connectivity index (χ3n) is 10.5. The summed E-state index contributed by atoms with van der Waals surface area (Å²) in [7, 11) is -3.18. The molecule has 0 aromatic carbocycles. The van der Waals surface area contributed by atoms with E-state index in [1.165, 1.54) is 16.7 Å². The predicted molar refractivity (Wildman–Crippen MR) is 258 cm³/mol. The zero-order chi connectivity index (χ0) is 42.4. The van der Waals surface area contributed by atoms with Gasteiger partial charge in [-0.2, -0.15) is 0 Å². The summed E-state index contributed by atoms with van der Waals surface area (Å²) < 4.78 is 0. The van der Waals surface area contributed by atoms with Gasteiger partial charge in [-0.1, -0.05) is 210 Å². The van der Waals surface area contributed by atoms with Crippen LogP contribution in [-0.2, 0) is 16.2 Å². The van der Waals surface area contributed by atoms with Gasteiger partial charge < -0.3 is 0 Å². The van der Waals surface area contributed by atoms with Crippen molar-refractivity contribution in [1.82, 2.24) is 0 Å². The molecule has 6 rings (SSSR count). The SMILES string of the molecule is CC(C)(C)c1ccc2c(C#Cc3cc(C#C[Si](C)(C)C)c4ccc(C(C)(C)C)ccc3-4)cc(C#Cc3cc(C#C[Si](C)(C)C)c4ccc(C(C)(C)C)ccc3-4)c-2cc1. The first-order valence-corrected chi connectivity index (χ1v) is 27.7. The summed E-state index contributed by atoms with van der Waals surface area (Å²) in [4.78, 5) is 0. The molecule has 0 saturated heterocycles. The Morgan fingerprint density at radius 2 is 0.483 bits per heavy atom. The van der Waals surface area contributed by atoms with Crippen molar-refractivity contribution >= 4 is 16.1 Å². The molecule has 0 nitrogen and oxygen atoms in total. The highest BCUT2D eigenvalue weighted by atomic mass is 28.3. The summed E-state index contributed by atoms with van der Waals surface area (Å²) in [5.74, 6) is 21.7. The lowest BCUT2D eigenvalue weighted by atomic mass is 9.88. The van der Waals surface area contributed by atoms with Crippen LogP contribution in [0.25, 0.3) is 33.4 Å². The second-order valence-electron chi connectivity index (χ2n) is 21.0. The zero-order valence-corrected chi connectivity index (χ0v) is 39.7.